The maximum absolute atomic E-state index is 12.6. The van der Waals surface area contributed by atoms with Gasteiger partial charge in [-0.25, -0.2) is 0 Å². The molecule has 0 spiro atoms. The van der Waals surface area contributed by atoms with E-state index in [2.05, 4.69) is 30.2 Å². The molecule has 0 aliphatic carbocycles. The normalized spacial score (nSPS) is 12.9. The number of nitrogens with two attached hydrogens (primary N) is 1. The van der Waals surface area contributed by atoms with Gasteiger partial charge in [0, 0.05) is 23.5 Å². The first-order valence-electron chi connectivity index (χ1n) is 10.2. The number of benzene rings is 1. The van der Waals surface area contributed by atoms with Crippen molar-refractivity contribution in [3.05, 3.63) is 66.0 Å². The molecule has 0 bridgehead atoms. The molecule has 0 amide bonds. The quantitative estimate of drug-likeness (QED) is 0.165. The van der Waals surface area contributed by atoms with Crippen LogP contribution in [-0.4, -0.2) is 35.0 Å². The summed E-state index contributed by atoms with van der Waals surface area (Å²) in [6.45, 7) is 11.7. The van der Waals surface area contributed by atoms with E-state index in [4.69, 9.17) is 5.73 Å². The Morgan fingerprint density at radius 1 is 1.19 bits per heavy atom. The Balaban J connectivity index is 0.000000681. The Kier molecular flexibility index (Phi) is 15.3. The number of fused-ring (bicyclic) bond motifs is 1. The van der Waals surface area contributed by atoms with E-state index >= 15 is 0 Å². The fourth-order valence-corrected chi connectivity index (χ4v) is 2.82. The molecule has 2 heterocycles. The number of halogens is 4. The number of hydrogen-bond donors (Lipinski definition) is 1. The molecule has 0 saturated heterocycles. The molecule has 0 unspecified atom stereocenters. The zero-order valence-electron chi connectivity index (χ0n) is 18.6. The Hall–Kier alpha value is -0.952. The molecule has 0 atom stereocenters. The fraction of sp³-hybridized carbons (Fsp3) is 0.435. The molecular formula is C23H32F3IN3Sb. The van der Waals surface area contributed by atoms with E-state index in [1.165, 1.54) is 0 Å². The van der Waals surface area contributed by atoms with Crippen LogP contribution < -0.4 is 5.73 Å². The Morgan fingerprint density at radius 3 is 2.19 bits per heavy atom. The summed E-state index contributed by atoms with van der Waals surface area (Å²) in [5.74, 6) is -0.0361. The van der Waals surface area contributed by atoms with Crippen LogP contribution in [0, 0.1) is 5.92 Å². The predicted molar refractivity (Wildman–Crippen MR) is 135 cm³/mol. The van der Waals surface area contributed by atoms with Crippen molar-refractivity contribution in [2.45, 2.75) is 59.7 Å². The van der Waals surface area contributed by atoms with Gasteiger partial charge in [-0.3, -0.25) is 4.68 Å². The van der Waals surface area contributed by atoms with Crippen molar-refractivity contribution in [1.82, 2.24) is 9.78 Å². The first-order valence-corrected chi connectivity index (χ1v) is 17.6. The third kappa shape index (κ3) is 11.0. The van der Waals surface area contributed by atoms with Gasteiger partial charge in [-0.2, -0.15) is 18.3 Å². The van der Waals surface area contributed by atoms with Crippen LogP contribution in [0.25, 0.3) is 5.57 Å². The molecule has 3 nitrogen and oxygen atoms in total. The summed E-state index contributed by atoms with van der Waals surface area (Å²) in [5.41, 5.74) is 7.69. The standard InChI is InChI=1S/C15H19F3N2.C6H7N.C2H6.HI.Sb/c1-10(2)13(8-11(3)15(16,17)18)14-9-12-6-4-5-7-20(12)19-14;7-6-4-2-1-3-5-6;1-2;;/h8-10H,3-7H2,1-2H3;1-5H,7H2;1-2H3;1H;/q;;;;+1/p-1/b13-8+;;;;. The maximum atomic E-state index is 12.6. The van der Waals surface area contributed by atoms with Crippen molar-refractivity contribution in [3.63, 3.8) is 0 Å². The molecule has 3 rings (SSSR count). The minimum absolute atomic E-state index is 0.0361. The first kappa shape index (κ1) is 30.0. The number of nitrogens with zero attached hydrogens (tertiary/aromatic N) is 2. The van der Waals surface area contributed by atoms with Gasteiger partial charge in [0.25, 0.3) is 0 Å². The summed E-state index contributed by atoms with van der Waals surface area (Å²) < 4.78 is 39.8. The van der Waals surface area contributed by atoms with E-state index in [1.807, 2.05) is 68.8 Å². The molecular weight excluding hydrogens is 624 g/mol. The van der Waals surface area contributed by atoms with Crippen molar-refractivity contribution in [2.24, 2.45) is 5.92 Å². The van der Waals surface area contributed by atoms with Crippen molar-refractivity contribution in [1.29, 1.82) is 0 Å². The molecule has 172 valence electrons. The molecule has 1 aromatic carbocycles. The monoisotopic (exact) mass is 655 g/mol. The number of aromatic nitrogens is 2. The molecule has 2 radical (unpaired) electrons. The molecule has 2 aromatic rings. The van der Waals surface area contributed by atoms with Gasteiger partial charge in [-0.05, 0) is 55.0 Å². The predicted octanol–water partition coefficient (Wildman–Crippen LogP) is 7.18. The minimum atomic E-state index is -4.39. The molecule has 0 saturated carbocycles. The number of hydrogen-bond acceptors (Lipinski definition) is 2. The average Bonchev–Trinajstić information content (AvgIpc) is 3.18. The number of anilines is 1. The second kappa shape index (κ2) is 15.8. The van der Waals surface area contributed by atoms with E-state index in [9.17, 15) is 13.2 Å². The summed E-state index contributed by atoms with van der Waals surface area (Å²) >= 11 is 3.92. The van der Waals surface area contributed by atoms with Gasteiger partial charge in [0.2, 0.25) is 0 Å². The van der Waals surface area contributed by atoms with Crippen LogP contribution in [0.4, 0.5) is 18.9 Å². The molecule has 1 aliphatic rings. The van der Waals surface area contributed by atoms with E-state index in [0.717, 1.165) is 43.3 Å². The van der Waals surface area contributed by atoms with Crippen LogP contribution in [-0.2, 0) is 13.0 Å². The van der Waals surface area contributed by atoms with Gasteiger partial charge >= 0.3 is 43.7 Å². The van der Waals surface area contributed by atoms with Gasteiger partial charge in [0.15, 0.2) is 0 Å². The Bertz CT molecular complexity index is 777. The first-order chi connectivity index (χ1) is 14.7. The van der Waals surface area contributed by atoms with Gasteiger partial charge in [0.05, 0.1) is 5.69 Å². The summed E-state index contributed by atoms with van der Waals surface area (Å²) in [4.78, 5) is 0. The number of para-hydroxylation sites is 1. The summed E-state index contributed by atoms with van der Waals surface area (Å²) in [6, 6.07) is 11.4. The third-order valence-electron chi connectivity index (χ3n) is 4.33. The van der Waals surface area contributed by atoms with E-state index in [-0.39, 0.29) is 5.92 Å². The average molecular weight is 656 g/mol. The molecule has 2 N–H and O–H groups in total. The second-order valence-electron chi connectivity index (χ2n) is 6.89. The number of alkyl halides is 3. The van der Waals surface area contributed by atoms with E-state index in [1.54, 1.807) is 19.0 Å². The Labute approximate surface area is 207 Å². The van der Waals surface area contributed by atoms with Crippen LogP contribution in [0.2, 0.25) is 0 Å². The molecule has 1 aromatic heterocycles. The van der Waals surface area contributed by atoms with Crippen molar-refractivity contribution in [2.75, 3.05) is 5.73 Å². The SMILES string of the molecule is C=C(/C=C(/c1cc2n(n1)CCCC2)C(C)C)C(F)(F)F.CC.Nc1ccccc1.[Sb][I]. The fourth-order valence-electron chi connectivity index (χ4n) is 2.82. The van der Waals surface area contributed by atoms with Gasteiger partial charge < -0.3 is 5.73 Å². The zero-order valence-corrected chi connectivity index (χ0v) is 23.3. The van der Waals surface area contributed by atoms with Crippen LogP contribution in [0.1, 0.15) is 51.9 Å². The topological polar surface area (TPSA) is 43.8 Å². The van der Waals surface area contributed by atoms with Crippen molar-refractivity contribution in [3.8, 4) is 0 Å². The van der Waals surface area contributed by atoms with Crippen LogP contribution in [0.15, 0.2) is 54.6 Å². The second-order valence-corrected chi connectivity index (χ2v) is 6.89. The zero-order chi connectivity index (χ0) is 24.0. The van der Waals surface area contributed by atoms with Crippen LogP contribution in [0.5, 0.6) is 0 Å². The van der Waals surface area contributed by atoms with Crippen molar-refractivity contribution >= 4 is 48.8 Å². The summed E-state index contributed by atoms with van der Waals surface area (Å²) in [6.07, 6.45) is -0.137. The van der Waals surface area contributed by atoms with E-state index < -0.39 is 11.7 Å². The summed E-state index contributed by atoms with van der Waals surface area (Å²) in [7, 11) is 0. The van der Waals surface area contributed by atoms with Crippen molar-refractivity contribution < 1.29 is 13.2 Å². The molecule has 31 heavy (non-hydrogen) atoms. The van der Waals surface area contributed by atoms with Gasteiger partial charge in [0.1, 0.15) is 0 Å². The third-order valence-corrected chi connectivity index (χ3v) is 4.33. The number of aryl methyl sites for hydroxylation is 2. The number of rotatable bonds is 3. The molecule has 8 heteroatoms. The van der Waals surface area contributed by atoms with Gasteiger partial charge in [-0.15, -0.1) is 0 Å². The number of nitrogen functional groups attached to an aromatic ring is 1. The Morgan fingerprint density at radius 2 is 1.77 bits per heavy atom. The van der Waals surface area contributed by atoms with Crippen LogP contribution >= 0.6 is 18.5 Å². The molecule has 1 aliphatic heterocycles. The van der Waals surface area contributed by atoms with Gasteiger partial charge in [-0.1, -0.05) is 52.5 Å². The van der Waals surface area contributed by atoms with Crippen LogP contribution in [0.3, 0.4) is 0 Å². The summed E-state index contributed by atoms with van der Waals surface area (Å²) in [5, 5.41) is 4.45. The molecule has 0 fully saturated rings. The van der Waals surface area contributed by atoms with E-state index in [0.29, 0.717) is 11.3 Å². The number of allylic oxidation sites excluding steroid dienone is 3.